The first-order chi connectivity index (χ1) is 5.41. The highest BCUT2D eigenvalue weighted by molar-refractivity contribution is 7.85. The van der Waals surface area contributed by atoms with Crippen LogP contribution in [0.5, 0.6) is 0 Å². The first kappa shape index (κ1) is 9.95. The second-order valence-electron chi connectivity index (χ2n) is 3.51. The summed E-state index contributed by atoms with van der Waals surface area (Å²) in [6.45, 7) is 0. The van der Waals surface area contributed by atoms with Crippen molar-refractivity contribution < 1.29 is 18.1 Å². The van der Waals surface area contributed by atoms with Crippen LogP contribution in [0.4, 0.5) is 0 Å². The molecule has 4 nitrogen and oxygen atoms in total. The highest BCUT2D eigenvalue weighted by Gasteiger charge is 2.33. The number of rotatable bonds is 2. The molecule has 5 heteroatoms. The lowest BCUT2D eigenvalue weighted by Crippen LogP contribution is -2.38. The summed E-state index contributed by atoms with van der Waals surface area (Å²) in [5, 5.41) is 9.67. The summed E-state index contributed by atoms with van der Waals surface area (Å²) < 4.78 is 29.5. The van der Waals surface area contributed by atoms with E-state index in [1.165, 1.54) is 0 Å². The van der Waals surface area contributed by atoms with Gasteiger partial charge in [-0.05, 0) is 12.8 Å². The largest absolute Gasteiger partial charge is 0.389 e. The summed E-state index contributed by atoms with van der Waals surface area (Å²) in [5.41, 5.74) is -1.17. The number of hydrogen-bond acceptors (Lipinski definition) is 3. The molecule has 12 heavy (non-hydrogen) atoms. The lowest BCUT2D eigenvalue weighted by atomic mass is 9.86. The van der Waals surface area contributed by atoms with E-state index in [0.717, 1.165) is 19.3 Å². The van der Waals surface area contributed by atoms with Gasteiger partial charge in [-0.25, -0.2) is 0 Å². The van der Waals surface area contributed by atoms with Crippen LogP contribution in [-0.4, -0.2) is 29.4 Å². The Bertz CT molecular complexity index is 238. The highest BCUT2D eigenvalue weighted by Crippen LogP contribution is 2.28. The third-order valence-corrected chi connectivity index (χ3v) is 3.14. The van der Waals surface area contributed by atoms with Crippen molar-refractivity contribution in [1.82, 2.24) is 0 Å². The lowest BCUT2D eigenvalue weighted by Gasteiger charge is -2.30. The van der Waals surface area contributed by atoms with E-state index in [4.69, 9.17) is 4.55 Å². The molecule has 0 saturated heterocycles. The van der Waals surface area contributed by atoms with Crippen molar-refractivity contribution in [3.63, 3.8) is 0 Å². The predicted octanol–water partition coefficient (Wildman–Crippen LogP) is 0.569. The minimum absolute atomic E-state index is 0.479. The van der Waals surface area contributed by atoms with Crippen LogP contribution in [-0.2, 0) is 10.1 Å². The number of hydrogen-bond donors (Lipinski definition) is 2. The van der Waals surface area contributed by atoms with Gasteiger partial charge in [0, 0.05) is 0 Å². The van der Waals surface area contributed by atoms with Gasteiger partial charge in [0.05, 0.1) is 5.60 Å². The van der Waals surface area contributed by atoms with E-state index in [0.29, 0.717) is 12.8 Å². The maximum Gasteiger partial charge on any atom is 0.267 e. The van der Waals surface area contributed by atoms with Crippen LogP contribution in [0.25, 0.3) is 0 Å². The Labute approximate surface area is 72.3 Å². The van der Waals surface area contributed by atoms with E-state index in [1.54, 1.807) is 0 Å². The minimum atomic E-state index is -4.03. The van der Waals surface area contributed by atoms with E-state index in [9.17, 15) is 13.5 Å². The molecular formula is C7H14O4S. The molecule has 1 aliphatic carbocycles. The molecule has 1 rings (SSSR count). The molecule has 0 aromatic rings. The topological polar surface area (TPSA) is 74.6 Å². The van der Waals surface area contributed by atoms with Gasteiger partial charge in [-0.1, -0.05) is 19.3 Å². The Kier molecular flexibility index (Phi) is 2.75. The average molecular weight is 194 g/mol. The molecule has 0 unspecified atom stereocenters. The summed E-state index contributed by atoms with van der Waals surface area (Å²) in [4.78, 5) is 0. The molecule has 1 fully saturated rings. The zero-order valence-electron chi connectivity index (χ0n) is 6.86. The fourth-order valence-electron chi connectivity index (χ4n) is 1.69. The average Bonchev–Trinajstić information content (AvgIpc) is 1.83. The summed E-state index contributed by atoms with van der Waals surface area (Å²) in [5.74, 6) is -0.514. The van der Waals surface area contributed by atoms with Crippen molar-refractivity contribution >= 4 is 10.1 Å². The third-order valence-electron chi connectivity index (χ3n) is 2.24. The van der Waals surface area contributed by atoms with Crippen LogP contribution in [0.1, 0.15) is 32.1 Å². The van der Waals surface area contributed by atoms with Crippen LogP contribution in [0.15, 0.2) is 0 Å². The van der Waals surface area contributed by atoms with E-state index < -0.39 is 21.5 Å². The van der Waals surface area contributed by atoms with Gasteiger partial charge >= 0.3 is 0 Å². The van der Waals surface area contributed by atoms with Crippen molar-refractivity contribution in [2.24, 2.45) is 0 Å². The second kappa shape index (κ2) is 3.32. The fourth-order valence-corrected chi connectivity index (χ4v) is 2.66. The van der Waals surface area contributed by atoms with Gasteiger partial charge in [-0.2, -0.15) is 8.42 Å². The van der Waals surface area contributed by atoms with E-state index in [2.05, 4.69) is 0 Å². The lowest BCUT2D eigenvalue weighted by molar-refractivity contribution is 0.0245. The maximum atomic E-state index is 10.5. The van der Waals surface area contributed by atoms with Crippen LogP contribution in [0.2, 0.25) is 0 Å². The quantitative estimate of drug-likeness (QED) is 0.630. The summed E-state index contributed by atoms with van der Waals surface area (Å²) in [6, 6.07) is 0. The second-order valence-corrected chi connectivity index (χ2v) is 4.96. The zero-order chi connectivity index (χ0) is 9.24. The van der Waals surface area contributed by atoms with E-state index >= 15 is 0 Å². The van der Waals surface area contributed by atoms with Gasteiger partial charge in [0.25, 0.3) is 10.1 Å². The molecular weight excluding hydrogens is 180 g/mol. The molecule has 1 aliphatic rings. The van der Waals surface area contributed by atoms with Crippen molar-refractivity contribution in [3.8, 4) is 0 Å². The monoisotopic (exact) mass is 194 g/mol. The zero-order valence-corrected chi connectivity index (χ0v) is 7.68. The van der Waals surface area contributed by atoms with Crippen molar-refractivity contribution in [3.05, 3.63) is 0 Å². The summed E-state index contributed by atoms with van der Waals surface area (Å²) in [6.07, 6.45) is 3.67. The summed E-state index contributed by atoms with van der Waals surface area (Å²) in [7, 11) is -4.03. The molecule has 0 spiro atoms. The Morgan fingerprint density at radius 1 is 1.17 bits per heavy atom. The Balaban J connectivity index is 2.59. The molecule has 0 atom stereocenters. The van der Waals surface area contributed by atoms with E-state index in [-0.39, 0.29) is 0 Å². The van der Waals surface area contributed by atoms with Gasteiger partial charge in [0.2, 0.25) is 0 Å². The SMILES string of the molecule is O=S(=O)(O)CC1(O)CCCCC1. The Hall–Kier alpha value is -0.130. The molecule has 0 aromatic carbocycles. The molecule has 0 aliphatic heterocycles. The Morgan fingerprint density at radius 2 is 1.67 bits per heavy atom. The molecule has 0 bridgehead atoms. The van der Waals surface area contributed by atoms with Crippen LogP contribution >= 0.6 is 0 Å². The van der Waals surface area contributed by atoms with Gasteiger partial charge in [-0.3, -0.25) is 4.55 Å². The molecule has 0 aromatic heterocycles. The molecule has 1 saturated carbocycles. The van der Waals surface area contributed by atoms with Crippen LogP contribution < -0.4 is 0 Å². The standard InChI is InChI=1S/C7H14O4S/c8-7(6-12(9,10)11)4-2-1-3-5-7/h8H,1-6H2,(H,9,10,11). The van der Waals surface area contributed by atoms with Crippen molar-refractivity contribution in [1.29, 1.82) is 0 Å². The van der Waals surface area contributed by atoms with Gasteiger partial charge < -0.3 is 5.11 Å². The van der Waals surface area contributed by atoms with Crippen LogP contribution in [0, 0.1) is 0 Å². The van der Waals surface area contributed by atoms with Crippen molar-refractivity contribution in [2.75, 3.05) is 5.75 Å². The molecule has 0 heterocycles. The number of aliphatic hydroxyl groups is 1. The first-order valence-electron chi connectivity index (χ1n) is 4.09. The summed E-state index contributed by atoms with van der Waals surface area (Å²) >= 11 is 0. The maximum absolute atomic E-state index is 10.5. The molecule has 0 radical (unpaired) electrons. The van der Waals surface area contributed by atoms with Gasteiger partial charge in [-0.15, -0.1) is 0 Å². The predicted molar refractivity (Wildman–Crippen MR) is 44.5 cm³/mol. The van der Waals surface area contributed by atoms with Gasteiger partial charge in [0.15, 0.2) is 0 Å². The first-order valence-corrected chi connectivity index (χ1v) is 5.70. The highest BCUT2D eigenvalue weighted by atomic mass is 32.2. The van der Waals surface area contributed by atoms with Gasteiger partial charge in [0.1, 0.15) is 5.75 Å². The molecule has 2 N–H and O–H groups in total. The smallest absolute Gasteiger partial charge is 0.267 e. The minimum Gasteiger partial charge on any atom is -0.389 e. The molecule has 0 amide bonds. The van der Waals surface area contributed by atoms with Crippen LogP contribution in [0.3, 0.4) is 0 Å². The third kappa shape index (κ3) is 3.08. The van der Waals surface area contributed by atoms with Crippen molar-refractivity contribution in [2.45, 2.75) is 37.7 Å². The molecule has 72 valence electrons. The van der Waals surface area contributed by atoms with E-state index in [1.807, 2.05) is 0 Å². The fraction of sp³-hybridized carbons (Fsp3) is 1.00. The normalized spacial score (nSPS) is 23.8. The Morgan fingerprint density at radius 3 is 2.08 bits per heavy atom.